The largest absolute Gasteiger partial charge is 0.480 e. The van der Waals surface area contributed by atoms with Crippen LogP contribution >= 0.6 is 0 Å². The first kappa shape index (κ1) is 13.8. The Bertz CT molecular complexity index is 293. The summed E-state index contributed by atoms with van der Waals surface area (Å²) in [5.74, 6) is -0.714. The molecule has 0 spiro atoms. The Balaban J connectivity index is 1.83. The molecule has 0 unspecified atom stereocenters. The summed E-state index contributed by atoms with van der Waals surface area (Å²) in [4.78, 5) is 17.7. The summed E-state index contributed by atoms with van der Waals surface area (Å²) in [7, 11) is 2.18. The monoisotopic (exact) mass is 255 g/mol. The van der Waals surface area contributed by atoms with Crippen LogP contribution in [0.15, 0.2) is 0 Å². The number of carboxylic acids is 1. The maximum Gasteiger partial charge on any atom is 0.317 e. The smallest absolute Gasteiger partial charge is 0.317 e. The number of hydrogen-bond acceptors (Lipinski definition) is 4. The van der Waals surface area contributed by atoms with Crippen LogP contribution in [-0.4, -0.2) is 84.2 Å². The number of likely N-dealkylation sites (tertiary alicyclic amines) is 1. The molecular formula is C13H25N3O2. The van der Waals surface area contributed by atoms with Crippen molar-refractivity contribution >= 4 is 5.97 Å². The van der Waals surface area contributed by atoms with E-state index in [0.29, 0.717) is 5.54 Å². The minimum Gasteiger partial charge on any atom is -0.480 e. The zero-order chi connectivity index (χ0) is 13.2. The number of nitrogens with zero attached hydrogens (tertiary/aromatic N) is 3. The van der Waals surface area contributed by atoms with Crippen molar-refractivity contribution in [1.82, 2.24) is 14.7 Å². The number of carbonyl (C=O) groups is 1. The van der Waals surface area contributed by atoms with Crippen molar-refractivity contribution in [3.05, 3.63) is 0 Å². The van der Waals surface area contributed by atoms with Crippen LogP contribution in [0.5, 0.6) is 0 Å². The van der Waals surface area contributed by atoms with E-state index in [9.17, 15) is 4.79 Å². The summed E-state index contributed by atoms with van der Waals surface area (Å²) in [6.45, 7) is 8.69. The normalized spacial score (nSPS) is 27.2. The summed E-state index contributed by atoms with van der Waals surface area (Å²) >= 11 is 0. The molecule has 2 aliphatic rings. The highest BCUT2D eigenvalue weighted by Gasteiger charge is 2.36. The first-order valence-electron chi connectivity index (χ1n) is 6.87. The maximum atomic E-state index is 10.7. The molecule has 2 heterocycles. The van der Waals surface area contributed by atoms with Crippen molar-refractivity contribution in [2.24, 2.45) is 0 Å². The quantitative estimate of drug-likeness (QED) is 0.779. The molecular weight excluding hydrogens is 230 g/mol. The fourth-order valence-corrected chi connectivity index (χ4v) is 3.05. The molecule has 0 saturated carbocycles. The molecule has 0 aromatic carbocycles. The lowest BCUT2D eigenvalue weighted by Gasteiger charge is -2.49. The van der Waals surface area contributed by atoms with Gasteiger partial charge in [0.2, 0.25) is 0 Å². The molecule has 1 N–H and O–H groups in total. The van der Waals surface area contributed by atoms with Crippen LogP contribution in [0.3, 0.4) is 0 Å². The minimum absolute atomic E-state index is 0.188. The summed E-state index contributed by atoms with van der Waals surface area (Å²) in [6, 6.07) is 0. The predicted octanol–water partition coefficient (Wildman–Crippen LogP) is 0.173. The molecule has 2 fully saturated rings. The number of piperazine rings is 1. The van der Waals surface area contributed by atoms with Gasteiger partial charge in [-0.25, -0.2) is 0 Å². The Morgan fingerprint density at radius 3 is 2.17 bits per heavy atom. The molecule has 0 aromatic rings. The number of carboxylic acid groups (broad SMARTS) is 1. The van der Waals surface area contributed by atoms with Crippen LogP contribution in [0.1, 0.15) is 19.8 Å². The van der Waals surface area contributed by atoms with Gasteiger partial charge in [0.15, 0.2) is 0 Å². The van der Waals surface area contributed by atoms with E-state index in [-0.39, 0.29) is 6.54 Å². The first-order chi connectivity index (χ1) is 8.49. The van der Waals surface area contributed by atoms with E-state index in [4.69, 9.17) is 5.11 Å². The van der Waals surface area contributed by atoms with Crippen LogP contribution in [-0.2, 0) is 4.79 Å². The van der Waals surface area contributed by atoms with Gasteiger partial charge in [-0.05, 0) is 39.9 Å². The van der Waals surface area contributed by atoms with Gasteiger partial charge in [-0.3, -0.25) is 14.6 Å². The van der Waals surface area contributed by atoms with Crippen molar-refractivity contribution in [1.29, 1.82) is 0 Å². The van der Waals surface area contributed by atoms with E-state index >= 15 is 0 Å². The van der Waals surface area contributed by atoms with Crippen LogP contribution in [0.2, 0.25) is 0 Å². The number of piperidine rings is 1. The average molecular weight is 255 g/mol. The fourth-order valence-electron chi connectivity index (χ4n) is 3.05. The fraction of sp³-hybridized carbons (Fsp3) is 0.923. The summed E-state index contributed by atoms with van der Waals surface area (Å²) < 4.78 is 0. The SMILES string of the molecule is CN1CCC(C)(N2CCN(CC(=O)O)CC2)CC1. The van der Waals surface area contributed by atoms with Crippen molar-refractivity contribution < 1.29 is 9.90 Å². The lowest BCUT2D eigenvalue weighted by molar-refractivity contribution is -0.139. The summed E-state index contributed by atoms with van der Waals surface area (Å²) in [6.07, 6.45) is 2.45. The van der Waals surface area contributed by atoms with Gasteiger partial charge in [0.05, 0.1) is 6.54 Å². The highest BCUT2D eigenvalue weighted by atomic mass is 16.4. The van der Waals surface area contributed by atoms with E-state index in [0.717, 1.165) is 26.2 Å². The van der Waals surface area contributed by atoms with Gasteiger partial charge in [-0.2, -0.15) is 0 Å². The summed E-state index contributed by atoms with van der Waals surface area (Å²) in [5, 5.41) is 8.80. The lowest BCUT2D eigenvalue weighted by atomic mass is 9.87. The molecule has 0 amide bonds. The van der Waals surface area contributed by atoms with Crippen LogP contribution in [0, 0.1) is 0 Å². The molecule has 5 nitrogen and oxygen atoms in total. The van der Waals surface area contributed by atoms with Crippen LogP contribution in [0.25, 0.3) is 0 Å². The molecule has 0 bridgehead atoms. The second-order valence-corrected chi connectivity index (χ2v) is 5.96. The molecule has 104 valence electrons. The van der Waals surface area contributed by atoms with Gasteiger partial charge < -0.3 is 10.0 Å². The van der Waals surface area contributed by atoms with Crippen molar-refractivity contribution in [2.75, 3.05) is 52.9 Å². The van der Waals surface area contributed by atoms with Crippen LogP contribution < -0.4 is 0 Å². The third-order valence-corrected chi connectivity index (χ3v) is 4.56. The van der Waals surface area contributed by atoms with Gasteiger partial charge in [0.1, 0.15) is 0 Å². The zero-order valence-electron chi connectivity index (χ0n) is 11.6. The minimum atomic E-state index is -0.714. The second-order valence-electron chi connectivity index (χ2n) is 5.96. The maximum absolute atomic E-state index is 10.7. The molecule has 18 heavy (non-hydrogen) atoms. The van der Waals surface area contributed by atoms with Crippen molar-refractivity contribution in [3.63, 3.8) is 0 Å². The highest BCUT2D eigenvalue weighted by Crippen LogP contribution is 2.28. The van der Waals surface area contributed by atoms with Gasteiger partial charge in [-0.15, -0.1) is 0 Å². The third kappa shape index (κ3) is 3.22. The predicted molar refractivity (Wildman–Crippen MR) is 70.8 cm³/mol. The Hall–Kier alpha value is -0.650. The van der Waals surface area contributed by atoms with E-state index in [1.54, 1.807) is 0 Å². The topological polar surface area (TPSA) is 47.0 Å². The molecule has 0 atom stereocenters. The van der Waals surface area contributed by atoms with Gasteiger partial charge >= 0.3 is 5.97 Å². The van der Waals surface area contributed by atoms with Crippen molar-refractivity contribution in [3.8, 4) is 0 Å². The Labute approximate surface area is 109 Å². The summed E-state index contributed by atoms with van der Waals surface area (Å²) in [5.41, 5.74) is 0.321. The van der Waals surface area contributed by atoms with E-state index < -0.39 is 5.97 Å². The van der Waals surface area contributed by atoms with E-state index in [1.807, 2.05) is 4.90 Å². The van der Waals surface area contributed by atoms with E-state index in [1.165, 1.54) is 25.9 Å². The Kier molecular flexibility index (Phi) is 4.25. The molecule has 0 aromatic heterocycles. The first-order valence-corrected chi connectivity index (χ1v) is 6.87. The average Bonchev–Trinajstić information content (AvgIpc) is 2.33. The van der Waals surface area contributed by atoms with Gasteiger partial charge in [0.25, 0.3) is 0 Å². The molecule has 2 saturated heterocycles. The molecule has 2 rings (SSSR count). The standard InChI is InChI=1S/C13H25N3O2/c1-13(3-5-14(2)6-4-13)16-9-7-15(8-10-16)11-12(17)18/h3-11H2,1-2H3,(H,17,18). The van der Waals surface area contributed by atoms with Gasteiger partial charge in [-0.1, -0.05) is 0 Å². The molecule has 2 aliphatic heterocycles. The Morgan fingerprint density at radius 1 is 1.11 bits per heavy atom. The third-order valence-electron chi connectivity index (χ3n) is 4.56. The number of aliphatic carboxylic acids is 1. The lowest BCUT2D eigenvalue weighted by Crippen LogP contribution is -2.59. The van der Waals surface area contributed by atoms with E-state index in [2.05, 4.69) is 23.8 Å². The second kappa shape index (κ2) is 5.55. The molecule has 0 radical (unpaired) electrons. The van der Waals surface area contributed by atoms with Crippen molar-refractivity contribution in [2.45, 2.75) is 25.3 Å². The molecule has 5 heteroatoms. The number of rotatable bonds is 3. The Morgan fingerprint density at radius 2 is 1.67 bits per heavy atom. The zero-order valence-corrected chi connectivity index (χ0v) is 11.6. The number of hydrogen-bond donors (Lipinski definition) is 1. The highest BCUT2D eigenvalue weighted by molar-refractivity contribution is 5.69. The van der Waals surface area contributed by atoms with Crippen LogP contribution in [0.4, 0.5) is 0 Å². The molecule has 0 aliphatic carbocycles. The van der Waals surface area contributed by atoms with Gasteiger partial charge in [0, 0.05) is 31.7 Å².